The van der Waals surface area contributed by atoms with Crippen LogP contribution in [-0.4, -0.2) is 51.5 Å². The standard InChI is InChI=1S/C36H40O7/c1-37-31-20-18-30(19-21-31)22-39-26-32-33(40-23-27-12-6-3-7-13-27)34(41-24-28-14-8-4-9-15-28)35(36(38-2)43-32)42-25-29-16-10-5-11-17-29/h3-21,32-36H,22-26H2,1-2H3/t32-,33-,34+,35+,36+/m1/s1. The second-order valence-corrected chi connectivity index (χ2v) is 10.4. The maximum Gasteiger partial charge on any atom is 0.186 e. The molecule has 1 fully saturated rings. The number of rotatable bonds is 15. The van der Waals surface area contributed by atoms with E-state index in [-0.39, 0.29) is 6.61 Å². The van der Waals surface area contributed by atoms with E-state index < -0.39 is 30.7 Å². The highest BCUT2D eigenvalue weighted by molar-refractivity contribution is 5.26. The van der Waals surface area contributed by atoms with Crippen LogP contribution in [0.25, 0.3) is 0 Å². The quantitative estimate of drug-likeness (QED) is 0.162. The van der Waals surface area contributed by atoms with E-state index in [2.05, 4.69) is 0 Å². The van der Waals surface area contributed by atoms with Crippen LogP contribution in [0.1, 0.15) is 22.3 Å². The molecule has 0 amide bonds. The lowest BCUT2D eigenvalue weighted by atomic mass is 9.97. The van der Waals surface area contributed by atoms with E-state index in [1.165, 1.54) is 0 Å². The summed E-state index contributed by atoms with van der Waals surface area (Å²) in [6.07, 6.45) is -2.69. The summed E-state index contributed by atoms with van der Waals surface area (Å²) in [7, 11) is 3.28. The van der Waals surface area contributed by atoms with Crippen molar-refractivity contribution in [2.24, 2.45) is 0 Å². The normalized spacial score (nSPS) is 21.9. The van der Waals surface area contributed by atoms with Gasteiger partial charge in [-0.2, -0.15) is 0 Å². The molecule has 5 rings (SSSR count). The number of hydrogen-bond donors (Lipinski definition) is 0. The molecule has 4 aromatic rings. The SMILES string of the molecule is COc1ccc(COC[C@H]2O[C@H](OC)[C@@H](OCc3ccccc3)[C@@H](OCc3ccccc3)[C@@H]2OCc2ccccc2)cc1. The average molecular weight is 585 g/mol. The van der Waals surface area contributed by atoms with E-state index in [0.717, 1.165) is 28.0 Å². The van der Waals surface area contributed by atoms with Crippen LogP contribution in [0.4, 0.5) is 0 Å². The topological polar surface area (TPSA) is 64.6 Å². The monoisotopic (exact) mass is 584 g/mol. The summed E-state index contributed by atoms with van der Waals surface area (Å²) in [5.41, 5.74) is 4.19. The Morgan fingerprint density at radius 1 is 0.512 bits per heavy atom. The minimum Gasteiger partial charge on any atom is -0.497 e. The lowest BCUT2D eigenvalue weighted by Crippen LogP contribution is -2.61. The highest BCUT2D eigenvalue weighted by Crippen LogP contribution is 2.31. The Balaban J connectivity index is 1.37. The molecule has 0 unspecified atom stereocenters. The van der Waals surface area contributed by atoms with Gasteiger partial charge < -0.3 is 33.2 Å². The Labute approximate surface area is 254 Å². The van der Waals surface area contributed by atoms with Gasteiger partial charge >= 0.3 is 0 Å². The number of methoxy groups -OCH3 is 2. The molecule has 4 aromatic carbocycles. The molecule has 1 saturated heterocycles. The van der Waals surface area contributed by atoms with Crippen LogP contribution in [0.15, 0.2) is 115 Å². The molecule has 1 aliphatic heterocycles. The number of benzene rings is 4. The molecule has 0 radical (unpaired) electrons. The Bertz CT molecular complexity index is 1320. The van der Waals surface area contributed by atoms with Crippen LogP contribution < -0.4 is 4.74 Å². The number of hydrogen-bond acceptors (Lipinski definition) is 7. The fraction of sp³-hybridized carbons (Fsp3) is 0.333. The Hall–Kier alpha value is -3.56. The van der Waals surface area contributed by atoms with E-state index >= 15 is 0 Å². The van der Waals surface area contributed by atoms with Crippen molar-refractivity contribution in [1.82, 2.24) is 0 Å². The maximum absolute atomic E-state index is 6.64. The zero-order chi connectivity index (χ0) is 29.7. The van der Waals surface area contributed by atoms with Gasteiger partial charge in [-0.1, -0.05) is 103 Å². The zero-order valence-electron chi connectivity index (χ0n) is 24.7. The third-order valence-electron chi connectivity index (χ3n) is 7.39. The van der Waals surface area contributed by atoms with Gasteiger partial charge in [0.2, 0.25) is 0 Å². The second kappa shape index (κ2) is 16.3. The van der Waals surface area contributed by atoms with Gasteiger partial charge in [-0.05, 0) is 34.4 Å². The van der Waals surface area contributed by atoms with Gasteiger partial charge in [-0.25, -0.2) is 0 Å². The van der Waals surface area contributed by atoms with E-state index in [1.807, 2.05) is 115 Å². The smallest absolute Gasteiger partial charge is 0.186 e. The molecule has 7 nitrogen and oxygen atoms in total. The van der Waals surface area contributed by atoms with Crippen LogP contribution in [0, 0.1) is 0 Å². The van der Waals surface area contributed by atoms with Crippen molar-refractivity contribution in [3.05, 3.63) is 138 Å². The van der Waals surface area contributed by atoms with Gasteiger partial charge in [0, 0.05) is 7.11 Å². The van der Waals surface area contributed by atoms with Crippen molar-refractivity contribution in [1.29, 1.82) is 0 Å². The summed E-state index contributed by atoms with van der Waals surface area (Å²) in [5, 5.41) is 0. The van der Waals surface area contributed by atoms with Crippen LogP contribution >= 0.6 is 0 Å². The molecular formula is C36H40O7. The molecule has 1 heterocycles. The predicted octanol–water partition coefficient (Wildman–Crippen LogP) is 6.34. The van der Waals surface area contributed by atoms with Crippen molar-refractivity contribution in [2.45, 2.75) is 57.1 Å². The molecule has 0 aromatic heterocycles. The lowest BCUT2D eigenvalue weighted by molar-refractivity contribution is -0.323. The fourth-order valence-electron chi connectivity index (χ4n) is 5.08. The first kappa shape index (κ1) is 30.9. The summed E-state index contributed by atoms with van der Waals surface area (Å²) in [6, 6.07) is 38.0. The van der Waals surface area contributed by atoms with Crippen LogP contribution in [-0.2, 0) is 54.8 Å². The molecule has 7 heteroatoms. The molecule has 0 N–H and O–H groups in total. The van der Waals surface area contributed by atoms with Crippen molar-refractivity contribution in [3.8, 4) is 5.75 Å². The summed E-state index contributed by atoms with van der Waals surface area (Å²) < 4.78 is 43.6. The molecule has 1 aliphatic rings. The van der Waals surface area contributed by atoms with E-state index in [0.29, 0.717) is 26.4 Å². The zero-order valence-corrected chi connectivity index (χ0v) is 24.7. The van der Waals surface area contributed by atoms with Crippen molar-refractivity contribution >= 4 is 0 Å². The van der Waals surface area contributed by atoms with Gasteiger partial charge in [0.25, 0.3) is 0 Å². The third-order valence-corrected chi connectivity index (χ3v) is 7.39. The summed E-state index contributed by atoms with van der Waals surface area (Å²) in [4.78, 5) is 0. The van der Waals surface area contributed by atoms with Crippen LogP contribution in [0.3, 0.4) is 0 Å². The van der Waals surface area contributed by atoms with Crippen LogP contribution in [0.2, 0.25) is 0 Å². The average Bonchev–Trinajstić information content (AvgIpc) is 3.07. The minimum atomic E-state index is -0.685. The maximum atomic E-state index is 6.64. The highest BCUT2D eigenvalue weighted by Gasteiger charge is 2.48. The first-order valence-corrected chi connectivity index (χ1v) is 14.6. The first-order valence-electron chi connectivity index (χ1n) is 14.6. The van der Waals surface area contributed by atoms with Crippen molar-refractivity contribution in [3.63, 3.8) is 0 Å². The van der Waals surface area contributed by atoms with Gasteiger partial charge in [0.05, 0.1) is 40.1 Å². The van der Waals surface area contributed by atoms with Crippen molar-refractivity contribution in [2.75, 3.05) is 20.8 Å². The molecule has 0 spiro atoms. The molecular weight excluding hydrogens is 544 g/mol. The summed E-state index contributed by atoms with van der Waals surface area (Å²) >= 11 is 0. The van der Waals surface area contributed by atoms with E-state index in [1.54, 1.807) is 14.2 Å². The first-order chi connectivity index (χ1) is 21.2. The Morgan fingerprint density at radius 3 is 1.47 bits per heavy atom. The van der Waals surface area contributed by atoms with Crippen LogP contribution in [0.5, 0.6) is 5.75 Å². The highest BCUT2D eigenvalue weighted by atomic mass is 16.7. The van der Waals surface area contributed by atoms with E-state index in [4.69, 9.17) is 33.2 Å². The third kappa shape index (κ3) is 8.97. The molecule has 0 bridgehead atoms. The molecule has 5 atom stereocenters. The second-order valence-electron chi connectivity index (χ2n) is 10.4. The van der Waals surface area contributed by atoms with Gasteiger partial charge in [-0.3, -0.25) is 0 Å². The largest absolute Gasteiger partial charge is 0.497 e. The Kier molecular flexibility index (Phi) is 11.7. The number of ether oxygens (including phenoxy) is 7. The molecule has 43 heavy (non-hydrogen) atoms. The van der Waals surface area contributed by atoms with E-state index in [9.17, 15) is 0 Å². The fourth-order valence-corrected chi connectivity index (χ4v) is 5.08. The molecule has 0 aliphatic carbocycles. The predicted molar refractivity (Wildman–Crippen MR) is 163 cm³/mol. The Morgan fingerprint density at radius 2 is 0.977 bits per heavy atom. The minimum absolute atomic E-state index is 0.280. The lowest BCUT2D eigenvalue weighted by Gasteiger charge is -2.45. The summed E-state index contributed by atoms with van der Waals surface area (Å²) in [6.45, 7) is 1.85. The van der Waals surface area contributed by atoms with Gasteiger partial charge in [0.1, 0.15) is 30.2 Å². The van der Waals surface area contributed by atoms with Crippen molar-refractivity contribution < 1.29 is 33.2 Å². The summed E-state index contributed by atoms with van der Waals surface area (Å²) in [5.74, 6) is 0.802. The molecule has 0 saturated carbocycles. The molecule has 226 valence electrons. The van der Waals surface area contributed by atoms with Gasteiger partial charge in [0.15, 0.2) is 6.29 Å². The van der Waals surface area contributed by atoms with Gasteiger partial charge in [-0.15, -0.1) is 0 Å².